The van der Waals surface area contributed by atoms with Crippen LogP contribution in [0.1, 0.15) is 64.5 Å². The van der Waals surface area contributed by atoms with E-state index in [2.05, 4.69) is 21.3 Å². The summed E-state index contributed by atoms with van der Waals surface area (Å²) in [5, 5.41) is 11.2. The van der Waals surface area contributed by atoms with Gasteiger partial charge in [-0.2, -0.15) is 0 Å². The Balaban J connectivity index is 1.69. The zero-order valence-electron chi connectivity index (χ0n) is 21.6. The predicted octanol–water partition coefficient (Wildman–Crippen LogP) is 3.92. The van der Waals surface area contributed by atoms with Gasteiger partial charge in [-0.3, -0.25) is 9.59 Å². The zero-order valence-corrected chi connectivity index (χ0v) is 21.6. The number of H-pyrrole nitrogens is 1. The summed E-state index contributed by atoms with van der Waals surface area (Å²) in [4.78, 5) is 34.5. The van der Waals surface area contributed by atoms with E-state index in [1.54, 1.807) is 7.05 Å². The largest absolute Gasteiger partial charge is 0.493 e. The fourth-order valence-electron chi connectivity index (χ4n) is 5.75. The summed E-state index contributed by atoms with van der Waals surface area (Å²) in [6.07, 6.45) is 6.50. The van der Waals surface area contributed by atoms with E-state index in [0.717, 1.165) is 50.9 Å². The van der Waals surface area contributed by atoms with Crippen molar-refractivity contribution in [2.24, 2.45) is 17.1 Å². The predicted molar refractivity (Wildman–Crippen MR) is 143 cm³/mol. The van der Waals surface area contributed by atoms with Crippen LogP contribution in [0.25, 0.3) is 11.4 Å². The second kappa shape index (κ2) is 10.7. The summed E-state index contributed by atoms with van der Waals surface area (Å²) >= 11 is 0. The molecule has 5 N–H and O–H groups in total. The second-order valence-corrected chi connectivity index (χ2v) is 10.0. The van der Waals surface area contributed by atoms with E-state index in [0.29, 0.717) is 47.3 Å². The molecule has 0 unspecified atom stereocenters. The molecule has 1 spiro atoms. The number of carbonyl (C=O) groups excluding carboxylic acids is 1. The lowest BCUT2D eigenvalue weighted by Crippen LogP contribution is -2.46. The number of aromatic amines is 1. The van der Waals surface area contributed by atoms with Crippen molar-refractivity contribution in [3.05, 3.63) is 34.2 Å². The third-order valence-corrected chi connectivity index (χ3v) is 7.80. The molecule has 9 nitrogen and oxygen atoms in total. The fourth-order valence-corrected chi connectivity index (χ4v) is 5.75. The van der Waals surface area contributed by atoms with E-state index in [1.165, 1.54) is 6.42 Å². The van der Waals surface area contributed by atoms with Crippen molar-refractivity contribution in [3.8, 4) is 17.1 Å². The number of nitrogens with one attached hydrogen (secondary N) is 3. The first-order valence-electron chi connectivity index (χ1n) is 13.0. The highest BCUT2D eigenvalue weighted by Crippen LogP contribution is 2.46. The van der Waals surface area contributed by atoms with Gasteiger partial charge in [0.1, 0.15) is 23.0 Å². The molecule has 0 radical (unpaired) electrons. The van der Waals surface area contributed by atoms with Crippen LogP contribution in [0, 0.1) is 16.7 Å². The van der Waals surface area contributed by atoms with Crippen molar-refractivity contribution < 1.29 is 9.53 Å². The van der Waals surface area contributed by atoms with E-state index >= 15 is 0 Å². The lowest BCUT2D eigenvalue weighted by molar-refractivity contribution is -0.123. The molecular weight excluding hydrogens is 456 g/mol. The quantitative estimate of drug-likeness (QED) is 0.411. The number of nitrogens with two attached hydrogens (primary N) is 1. The minimum atomic E-state index is -0.313. The monoisotopic (exact) mass is 494 g/mol. The number of primary amides is 1. The standard InChI is InChI=1S/C27H38N6O3/c1-4-20(28)22-23(30-3)26(35)32-25(31-22)19-15-18(7-8-21(19)36-5-2)33-14-6-11-27(16-33)12-9-17(10-13-27)24(29)34/h7-8,15,17,28,30H,4-6,9-14,16H2,1-3H3,(H2,29,34)(H,31,32,35). The van der Waals surface area contributed by atoms with Crippen LogP contribution in [-0.2, 0) is 4.79 Å². The molecule has 9 heteroatoms. The van der Waals surface area contributed by atoms with Crippen LogP contribution < -0.4 is 26.2 Å². The summed E-state index contributed by atoms with van der Waals surface area (Å²) in [5.41, 5.74) is 8.17. The molecule has 2 heterocycles. The summed E-state index contributed by atoms with van der Waals surface area (Å²) in [6.45, 7) is 6.16. The Hall–Kier alpha value is -3.36. The van der Waals surface area contributed by atoms with Crippen LogP contribution in [-0.4, -0.2) is 48.3 Å². The number of carbonyl (C=O) groups is 1. The average Bonchev–Trinajstić information content (AvgIpc) is 2.88. The summed E-state index contributed by atoms with van der Waals surface area (Å²) in [5.74, 6) is 0.869. The van der Waals surface area contributed by atoms with Gasteiger partial charge in [0.25, 0.3) is 5.56 Å². The number of piperidine rings is 1. The Morgan fingerprint density at radius 1 is 1.31 bits per heavy atom. The first kappa shape index (κ1) is 25.7. The van der Waals surface area contributed by atoms with Crippen molar-refractivity contribution in [1.82, 2.24) is 9.97 Å². The van der Waals surface area contributed by atoms with Crippen LogP contribution in [0.5, 0.6) is 5.75 Å². The summed E-state index contributed by atoms with van der Waals surface area (Å²) in [7, 11) is 1.66. The highest BCUT2D eigenvalue weighted by atomic mass is 16.5. The van der Waals surface area contributed by atoms with E-state index in [9.17, 15) is 9.59 Å². The number of hydrogen-bond donors (Lipinski definition) is 4. The SMILES string of the molecule is CCOc1ccc(N2CCCC3(CCC(C(N)=O)CC3)C2)cc1-c1nc(C(=N)CC)c(NC)c(=O)[nH]1. The minimum Gasteiger partial charge on any atom is -0.493 e. The van der Waals surface area contributed by atoms with Crippen LogP contribution >= 0.6 is 0 Å². The Morgan fingerprint density at radius 2 is 2.06 bits per heavy atom. The molecule has 4 rings (SSSR count). The number of ether oxygens (including phenoxy) is 1. The lowest BCUT2D eigenvalue weighted by atomic mass is 9.66. The van der Waals surface area contributed by atoms with Gasteiger partial charge in [0.05, 0.1) is 17.9 Å². The van der Waals surface area contributed by atoms with Gasteiger partial charge in [-0.15, -0.1) is 0 Å². The Morgan fingerprint density at radius 3 is 2.69 bits per heavy atom. The Labute approximate surface area is 212 Å². The Kier molecular flexibility index (Phi) is 7.66. The molecule has 1 aliphatic heterocycles. The van der Waals surface area contributed by atoms with Gasteiger partial charge in [-0.1, -0.05) is 6.92 Å². The number of nitrogens with zero attached hydrogens (tertiary/aromatic N) is 2. The highest BCUT2D eigenvalue weighted by Gasteiger charge is 2.40. The average molecular weight is 495 g/mol. The number of benzene rings is 1. The molecule has 1 aromatic heterocycles. The van der Waals surface area contributed by atoms with E-state index in [4.69, 9.17) is 20.9 Å². The maximum atomic E-state index is 12.9. The third-order valence-electron chi connectivity index (χ3n) is 7.80. The van der Waals surface area contributed by atoms with Crippen molar-refractivity contribution in [2.45, 2.75) is 58.8 Å². The highest BCUT2D eigenvalue weighted by molar-refractivity contribution is 6.01. The van der Waals surface area contributed by atoms with Gasteiger partial charge in [-0.25, -0.2) is 4.98 Å². The second-order valence-electron chi connectivity index (χ2n) is 10.0. The first-order chi connectivity index (χ1) is 17.3. The van der Waals surface area contributed by atoms with Crippen molar-refractivity contribution in [2.75, 3.05) is 37.0 Å². The number of rotatable bonds is 8. The maximum absolute atomic E-state index is 12.9. The van der Waals surface area contributed by atoms with E-state index in [1.807, 2.05) is 26.0 Å². The molecule has 1 amide bonds. The van der Waals surface area contributed by atoms with Gasteiger partial charge >= 0.3 is 0 Å². The topological polar surface area (TPSA) is 137 Å². The molecule has 2 aliphatic rings. The van der Waals surface area contributed by atoms with Crippen LogP contribution in [0.2, 0.25) is 0 Å². The van der Waals surface area contributed by atoms with Gasteiger partial charge in [-0.05, 0) is 75.5 Å². The number of aromatic nitrogens is 2. The molecule has 1 saturated carbocycles. The normalized spacial score (nSPS) is 21.9. The summed E-state index contributed by atoms with van der Waals surface area (Å²) in [6, 6.07) is 6.05. The Bertz CT molecular complexity index is 1180. The number of hydrogen-bond acceptors (Lipinski definition) is 7. The van der Waals surface area contributed by atoms with E-state index < -0.39 is 0 Å². The molecule has 194 valence electrons. The molecule has 36 heavy (non-hydrogen) atoms. The number of amides is 1. The maximum Gasteiger partial charge on any atom is 0.275 e. The fraction of sp³-hybridized carbons (Fsp3) is 0.556. The molecular formula is C27H38N6O3. The molecule has 1 saturated heterocycles. The molecule has 1 aromatic carbocycles. The first-order valence-corrected chi connectivity index (χ1v) is 13.0. The summed E-state index contributed by atoms with van der Waals surface area (Å²) < 4.78 is 5.91. The van der Waals surface area contributed by atoms with E-state index in [-0.39, 0.29) is 22.8 Å². The molecule has 0 atom stereocenters. The third kappa shape index (κ3) is 5.10. The van der Waals surface area contributed by atoms with Gasteiger partial charge in [0, 0.05) is 31.7 Å². The molecule has 2 aromatic rings. The van der Waals surface area contributed by atoms with Crippen molar-refractivity contribution in [1.29, 1.82) is 5.41 Å². The van der Waals surface area contributed by atoms with Gasteiger partial charge < -0.3 is 31.1 Å². The lowest BCUT2D eigenvalue weighted by Gasteiger charge is -2.47. The minimum absolute atomic E-state index is 0.00242. The molecule has 0 bridgehead atoms. The zero-order chi connectivity index (χ0) is 25.9. The molecule has 2 fully saturated rings. The van der Waals surface area contributed by atoms with Crippen LogP contribution in [0.15, 0.2) is 23.0 Å². The smallest absolute Gasteiger partial charge is 0.275 e. The van der Waals surface area contributed by atoms with Crippen LogP contribution in [0.4, 0.5) is 11.4 Å². The number of anilines is 2. The van der Waals surface area contributed by atoms with Gasteiger partial charge in [0.15, 0.2) is 0 Å². The molecule has 1 aliphatic carbocycles. The van der Waals surface area contributed by atoms with Crippen LogP contribution in [0.3, 0.4) is 0 Å². The van der Waals surface area contributed by atoms with Crippen molar-refractivity contribution in [3.63, 3.8) is 0 Å². The van der Waals surface area contributed by atoms with Gasteiger partial charge in [0.2, 0.25) is 5.91 Å². The van der Waals surface area contributed by atoms with Crippen molar-refractivity contribution >= 4 is 23.0 Å².